The second-order valence-corrected chi connectivity index (χ2v) is 10.1. The Morgan fingerprint density at radius 2 is 1.52 bits per heavy atom. The Bertz CT molecular complexity index is 271. The average molecular weight is 365 g/mol. The molecule has 1 rings (SSSR count). The molecular weight excluding hydrogens is 328 g/mol. The molecule has 1 aliphatic carbocycles. The van der Waals surface area contributed by atoms with Gasteiger partial charge < -0.3 is 18.0 Å². The Balaban J connectivity index is 2.25. The molecule has 0 N–H and O–H groups in total. The van der Waals surface area contributed by atoms with Gasteiger partial charge >= 0.3 is 8.80 Å². The number of thioether (sulfide) groups is 1. The summed E-state index contributed by atoms with van der Waals surface area (Å²) in [5.74, 6) is 1.07. The van der Waals surface area contributed by atoms with Gasteiger partial charge in [0, 0.05) is 25.9 Å². The molecule has 4 nitrogen and oxygen atoms in total. The van der Waals surface area contributed by atoms with Crippen LogP contribution in [0.15, 0.2) is 0 Å². The molecule has 1 aliphatic rings. The Morgan fingerprint density at radius 3 is 2.04 bits per heavy atom. The van der Waals surface area contributed by atoms with Gasteiger partial charge in [0.25, 0.3) is 0 Å². The van der Waals surface area contributed by atoms with E-state index in [9.17, 15) is 0 Å². The number of hydrogen-bond donors (Lipinski definition) is 0. The summed E-state index contributed by atoms with van der Waals surface area (Å²) in [6.07, 6.45) is 8.03. The van der Waals surface area contributed by atoms with Crippen molar-refractivity contribution in [3.63, 3.8) is 0 Å². The zero-order valence-corrected chi connectivity index (χ0v) is 17.3. The van der Waals surface area contributed by atoms with Crippen LogP contribution in [-0.2, 0) is 18.0 Å². The van der Waals surface area contributed by atoms with Crippen LogP contribution in [0.3, 0.4) is 0 Å². The van der Waals surface area contributed by atoms with E-state index in [0.29, 0.717) is 25.9 Å². The Labute approximate surface area is 148 Å². The van der Waals surface area contributed by atoms with Gasteiger partial charge in [-0.2, -0.15) is 0 Å². The normalized spacial score (nSPS) is 18.3. The topological polar surface area (TPSA) is 36.9 Å². The lowest BCUT2D eigenvalue weighted by molar-refractivity contribution is 0.0199. The lowest BCUT2D eigenvalue weighted by Gasteiger charge is -2.29. The van der Waals surface area contributed by atoms with Crippen molar-refractivity contribution in [3.05, 3.63) is 0 Å². The predicted octanol–water partition coefficient (Wildman–Crippen LogP) is 4.85. The summed E-state index contributed by atoms with van der Waals surface area (Å²) >= 11 is 1.90. The molecule has 0 aromatic heterocycles. The molecule has 1 fully saturated rings. The molecule has 138 valence electrons. The molecule has 0 aliphatic heterocycles. The molecule has 1 unspecified atom stereocenters. The highest BCUT2D eigenvalue weighted by Gasteiger charge is 2.39. The van der Waals surface area contributed by atoms with Crippen molar-refractivity contribution in [2.24, 2.45) is 0 Å². The standard InChI is InChI=1S/C17H36O4SSi/c1-5-18-23(19-6-2,20-7-3)15-11-14-22-16(4)21-17-12-9-8-10-13-17/h16-17H,5-15H2,1-4H3. The first-order chi connectivity index (χ1) is 11.2. The molecule has 0 aromatic carbocycles. The molecule has 0 amide bonds. The van der Waals surface area contributed by atoms with Gasteiger partial charge in [-0.1, -0.05) is 19.3 Å². The highest BCUT2D eigenvalue weighted by molar-refractivity contribution is 7.99. The fraction of sp³-hybridized carbons (Fsp3) is 1.00. The highest BCUT2D eigenvalue weighted by atomic mass is 32.2. The van der Waals surface area contributed by atoms with Crippen LogP contribution in [0.4, 0.5) is 0 Å². The molecule has 6 heteroatoms. The van der Waals surface area contributed by atoms with Crippen LogP contribution < -0.4 is 0 Å². The fourth-order valence-corrected chi connectivity index (χ4v) is 6.80. The minimum atomic E-state index is -2.46. The largest absolute Gasteiger partial charge is 0.500 e. The van der Waals surface area contributed by atoms with Crippen molar-refractivity contribution in [2.75, 3.05) is 25.6 Å². The van der Waals surface area contributed by atoms with Crippen molar-refractivity contribution < 1.29 is 18.0 Å². The Morgan fingerprint density at radius 1 is 0.957 bits per heavy atom. The molecule has 1 atom stereocenters. The van der Waals surface area contributed by atoms with E-state index in [-0.39, 0.29) is 5.44 Å². The number of ether oxygens (including phenoxy) is 1. The number of hydrogen-bond acceptors (Lipinski definition) is 5. The van der Waals surface area contributed by atoms with E-state index in [1.807, 2.05) is 32.5 Å². The summed E-state index contributed by atoms with van der Waals surface area (Å²) in [6.45, 7) is 10.2. The molecule has 1 saturated carbocycles. The lowest BCUT2D eigenvalue weighted by atomic mass is 9.98. The molecular formula is C17H36O4SSi. The summed E-state index contributed by atoms with van der Waals surface area (Å²) in [6, 6.07) is 0.895. The van der Waals surface area contributed by atoms with Crippen molar-refractivity contribution in [2.45, 2.75) is 83.8 Å². The zero-order chi connectivity index (χ0) is 17.0. The molecule has 0 bridgehead atoms. The van der Waals surface area contributed by atoms with Crippen LogP contribution in [0, 0.1) is 0 Å². The monoisotopic (exact) mass is 364 g/mol. The third-order valence-electron chi connectivity index (χ3n) is 4.01. The first kappa shape index (κ1) is 21.4. The third kappa shape index (κ3) is 8.89. The van der Waals surface area contributed by atoms with Gasteiger partial charge in [0.15, 0.2) is 0 Å². The van der Waals surface area contributed by atoms with Crippen molar-refractivity contribution in [1.82, 2.24) is 0 Å². The van der Waals surface area contributed by atoms with Crippen LogP contribution in [0.5, 0.6) is 0 Å². The highest BCUT2D eigenvalue weighted by Crippen LogP contribution is 2.26. The Hall–Kier alpha value is 0.407. The first-order valence-corrected chi connectivity index (χ1v) is 12.3. The van der Waals surface area contributed by atoms with Gasteiger partial charge in [-0.3, -0.25) is 0 Å². The summed E-state index contributed by atoms with van der Waals surface area (Å²) in [5.41, 5.74) is 0.278. The molecule has 0 saturated heterocycles. The summed E-state index contributed by atoms with van der Waals surface area (Å²) in [5, 5.41) is 0. The minimum Gasteiger partial charge on any atom is -0.374 e. The van der Waals surface area contributed by atoms with Crippen LogP contribution >= 0.6 is 11.8 Å². The van der Waals surface area contributed by atoms with Crippen molar-refractivity contribution in [3.8, 4) is 0 Å². The van der Waals surface area contributed by atoms with E-state index in [2.05, 4.69) is 6.92 Å². The van der Waals surface area contributed by atoms with Gasteiger partial charge in [-0.15, -0.1) is 11.8 Å². The van der Waals surface area contributed by atoms with E-state index < -0.39 is 8.80 Å². The second kappa shape index (κ2) is 12.7. The summed E-state index contributed by atoms with van der Waals surface area (Å²) < 4.78 is 23.8. The van der Waals surface area contributed by atoms with Gasteiger partial charge in [0.1, 0.15) is 5.44 Å². The quantitative estimate of drug-likeness (QED) is 0.265. The van der Waals surface area contributed by atoms with Gasteiger partial charge in [0.2, 0.25) is 0 Å². The van der Waals surface area contributed by atoms with Crippen LogP contribution in [-0.4, -0.2) is 45.9 Å². The Kier molecular flexibility index (Phi) is 11.9. The molecule has 0 radical (unpaired) electrons. The van der Waals surface area contributed by atoms with Crippen LogP contribution in [0.25, 0.3) is 0 Å². The lowest BCUT2D eigenvalue weighted by Crippen LogP contribution is -2.46. The van der Waals surface area contributed by atoms with Crippen LogP contribution in [0.1, 0.15) is 66.2 Å². The van der Waals surface area contributed by atoms with Crippen molar-refractivity contribution in [1.29, 1.82) is 0 Å². The van der Waals surface area contributed by atoms with Crippen molar-refractivity contribution >= 4 is 20.6 Å². The SMILES string of the molecule is CCO[Si](CCCSC(C)OC1CCCCC1)(OCC)OCC. The first-order valence-electron chi connectivity index (χ1n) is 9.34. The predicted molar refractivity (Wildman–Crippen MR) is 99.9 cm³/mol. The summed E-state index contributed by atoms with van der Waals surface area (Å²) in [4.78, 5) is 0. The van der Waals surface area contributed by atoms with E-state index in [0.717, 1.165) is 18.2 Å². The van der Waals surface area contributed by atoms with E-state index in [4.69, 9.17) is 18.0 Å². The maximum atomic E-state index is 6.15. The average Bonchev–Trinajstić information content (AvgIpc) is 2.53. The van der Waals surface area contributed by atoms with Gasteiger partial charge in [-0.05, 0) is 52.7 Å². The maximum Gasteiger partial charge on any atom is 0.500 e. The van der Waals surface area contributed by atoms with E-state index >= 15 is 0 Å². The van der Waals surface area contributed by atoms with E-state index in [1.54, 1.807) is 0 Å². The van der Waals surface area contributed by atoms with E-state index in [1.165, 1.54) is 32.1 Å². The second-order valence-electron chi connectivity index (χ2n) is 5.92. The number of rotatable bonds is 13. The minimum absolute atomic E-state index is 0.278. The van der Waals surface area contributed by atoms with Crippen LogP contribution in [0.2, 0.25) is 6.04 Å². The van der Waals surface area contributed by atoms with Gasteiger partial charge in [0.05, 0.1) is 6.10 Å². The molecule has 0 aromatic rings. The van der Waals surface area contributed by atoms with Gasteiger partial charge in [-0.25, -0.2) is 0 Å². The molecule has 0 heterocycles. The smallest absolute Gasteiger partial charge is 0.374 e. The maximum absolute atomic E-state index is 6.15. The molecule has 0 spiro atoms. The summed E-state index contributed by atoms with van der Waals surface area (Å²) in [7, 11) is -2.46. The fourth-order valence-electron chi connectivity index (χ4n) is 3.05. The molecule has 23 heavy (non-hydrogen) atoms. The third-order valence-corrected chi connectivity index (χ3v) is 8.27. The zero-order valence-electron chi connectivity index (χ0n) is 15.5.